The van der Waals surface area contributed by atoms with E-state index in [2.05, 4.69) is 36.1 Å². The van der Waals surface area contributed by atoms with E-state index in [1.54, 1.807) is 7.05 Å². The highest BCUT2D eigenvalue weighted by atomic mass is 19.4. The average Bonchev–Trinajstić information content (AvgIpc) is 2.94. The van der Waals surface area contributed by atoms with Crippen LogP contribution in [-0.2, 0) is 6.18 Å². The van der Waals surface area contributed by atoms with Gasteiger partial charge in [0.15, 0.2) is 23.1 Å². The molecule has 0 atom stereocenters. The second kappa shape index (κ2) is 11.9. The molecule has 0 fully saturated rings. The van der Waals surface area contributed by atoms with Crippen molar-refractivity contribution in [2.75, 3.05) is 30.2 Å². The van der Waals surface area contributed by atoms with Gasteiger partial charge in [-0.25, -0.2) is 14.2 Å². The van der Waals surface area contributed by atoms with Crippen molar-refractivity contribution in [3.63, 3.8) is 0 Å². The predicted molar refractivity (Wildman–Crippen MR) is 135 cm³/mol. The van der Waals surface area contributed by atoms with Crippen LogP contribution in [0.1, 0.15) is 11.1 Å². The SMILES string of the molecule is CNc1nc(N/N=C\c2ccc(Oc3c(F)c(F)c(C(F)(F)F)c(F)c3F)c(OC)c2)nc(Nc2ccccc2)n1. The van der Waals surface area contributed by atoms with Gasteiger partial charge in [-0.2, -0.15) is 42.0 Å². The van der Waals surface area contributed by atoms with Crippen molar-refractivity contribution in [3.05, 3.63) is 82.9 Å². The number of para-hydroxylation sites is 1. The topological polar surface area (TPSA) is 106 Å². The van der Waals surface area contributed by atoms with Crippen LogP contribution in [-0.4, -0.2) is 35.3 Å². The van der Waals surface area contributed by atoms with E-state index in [4.69, 9.17) is 9.47 Å². The van der Waals surface area contributed by atoms with Crippen molar-refractivity contribution in [3.8, 4) is 17.2 Å². The van der Waals surface area contributed by atoms with Crippen LogP contribution in [0.15, 0.2) is 53.6 Å². The molecule has 1 aromatic heterocycles. The lowest BCUT2D eigenvalue weighted by Gasteiger charge is -2.16. The number of hydrogen-bond donors (Lipinski definition) is 3. The van der Waals surface area contributed by atoms with E-state index in [0.29, 0.717) is 5.56 Å². The molecule has 0 spiro atoms. The molecule has 9 nitrogen and oxygen atoms in total. The van der Waals surface area contributed by atoms with Crippen molar-refractivity contribution < 1.29 is 40.2 Å². The Kier molecular flexibility index (Phi) is 8.40. The van der Waals surface area contributed by atoms with Gasteiger partial charge in [0.2, 0.25) is 35.2 Å². The first-order chi connectivity index (χ1) is 19.5. The molecule has 0 aliphatic heterocycles. The summed E-state index contributed by atoms with van der Waals surface area (Å²) < 4.78 is 105. The number of hydrogen-bond acceptors (Lipinski definition) is 9. The van der Waals surface area contributed by atoms with Crippen molar-refractivity contribution in [2.24, 2.45) is 5.10 Å². The maximum absolute atomic E-state index is 14.3. The normalized spacial score (nSPS) is 11.4. The van der Waals surface area contributed by atoms with E-state index in [-0.39, 0.29) is 23.6 Å². The summed E-state index contributed by atoms with van der Waals surface area (Å²) in [6.07, 6.45) is -4.41. The quantitative estimate of drug-likeness (QED) is 0.0893. The van der Waals surface area contributed by atoms with Gasteiger partial charge in [0.1, 0.15) is 5.56 Å². The van der Waals surface area contributed by atoms with Crippen LogP contribution >= 0.6 is 0 Å². The van der Waals surface area contributed by atoms with Crippen molar-refractivity contribution >= 4 is 29.7 Å². The Hall–Kier alpha value is -5.15. The average molecular weight is 581 g/mol. The van der Waals surface area contributed by atoms with Gasteiger partial charge in [0.25, 0.3) is 0 Å². The fourth-order valence-electron chi connectivity index (χ4n) is 3.32. The monoisotopic (exact) mass is 581 g/mol. The highest BCUT2D eigenvalue weighted by Crippen LogP contribution is 2.42. The number of anilines is 4. The van der Waals surface area contributed by atoms with Crippen LogP contribution in [0.4, 0.5) is 54.3 Å². The lowest BCUT2D eigenvalue weighted by Crippen LogP contribution is -2.15. The molecule has 16 heteroatoms. The Morgan fingerprint density at radius 2 is 1.44 bits per heavy atom. The standard InChI is InChI=1S/C25H18F7N7O2/c1-33-22-36-23(35-13-6-4-3-5-7-13)38-24(37-22)39-34-11-12-8-9-14(15(10-12)40-2)41-21-19(28)17(26)16(25(30,31)32)18(27)20(21)29/h3-11H,1-2H3,(H3,33,35,36,37,38,39)/b34-11-. The molecule has 0 bridgehead atoms. The van der Waals surface area contributed by atoms with Crippen LogP contribution in [0, 0.1) is 23.3 Å². The van der Waals surface area contributed by atoms with E-state index in [9.17, 15) is 30.7 Å². The fourth-order valence-corrected chi connectivity index (χ4v) is 3.32. The molecule has 0 amide bonds. The zero-order valence-electron chi connectivity index (χ0n) is 20.9. The minimum absolute atomic E-state index is 0.0586. The van der Waals surface area contributed by atoms with Gasteiger partial charge in [-0.3, -0.25) is 0 Å². The summed E-state index contributed by atoms with van der Waals surface area (Å²) in [4.78, 5) is 12.5. The van der Waals surface area contributed by atoms with Gasteiger partial charge in [-0.05, 0) is 35.9 Å². The second-order valence-electron chi connectivity index (χ2n) is 7.89. The predicted octanol–water partition coefficient (Wildman–Crippen LogP) is 6.48. The first kappa shape index (κ1) is 28.8. The number of nitrogens with zero attached hydrogens (tertiary/aromatic N) is 4. The number of ether oxygens (including phenoxy) is 2. The molecule has 0 saturated heterocycles. The minimum Gasteiger partial charge on any atom is -0.493 e. The lowest BCUT2D eigenvalue weighted by molar-refractivity contribution is -0.143. The van der Waals surface area contributed by atoms with Gasteiger partial charge < -0.3 is 20.1 Å². The number of hydrazone groups is 1. The Morgan fingerprint density at radius 1 is 0.805 bits per heavy atom. The van der Waals surface area contributed by atoms with Gasteiger partial charge in [-0.1, -0.05) is 18.2 Å². The van der Waals surface area contributed by atoms with Crippen molar-refractivity contribution in [1.82, 2.24) is 15.0 Å². The maximum atomic E-state index is 14.3. The molecule has 0 unspecified atom stereocenters. The molecule has 0 aliphatic rings. The zero-order chi connectivity index (χ0) is 29.7. The third kappa shape index (κ3) is 6.54. The van der Waals surface area contributed by atoms with Crippen LogP contribution < -0.4 is 25.5 Å². The third-order valence-corrected chi connectivity index (χ3v) is 5.17. The Morgan fingerprint density at radius 3 is 2.05 bits per heavy atom. The fraction of sp³-hybridized carbons (Fsp3) is 0.120. The highest BCUT2D eigenvalue weighted by molar-refractivity contribution is 5.81. The summed E-state index contributed by atoms with van der Waals surface area (Å²) in [5.41, 5.74) is 0.957. The van der Waals surface area contributed by atoms with Gasteiger partial charge in [0.05, 0.1) is 13.3 Å². The largest absolute Gasteiger partial charge is 0.493 e. The molecule has 41 heavy (non-hydrogen) atoms. The van der Waals surface area contributed by atoms with Crippen LogP contribution in [0.3, 0.4) is 0 Å². The van der Waals surface area contributed by atoms with Gasteiger partial charge in [0, 0.05) is 12.7 Å². The smallest absolute Gasteiger partial charge is 0.422 e. The molecule has 4 aromatic rings. The molecule has 1 heterocycles. The molecular weight excluding hydrogens is 563 g/mol. The van der Waals surface area contributed by atoms with E-state index in [1.807, 2.05) is 30.3 Å². The van der Waals surface area contributed by atoms with Crippen LogP contribution in [0.5, 0.6) is 17.2 Å². The van der Waals surface area contributed by atoms with E-state index < -0.39 is 46.5 Å². The number of nitrogens with one attached hydrogen (secondary N) is 3. The van der Waals surface area contributed by atoms with Crippen LogP contribution in [0.25, 0.3) is 0 Å². The highest BCUT2D eigenvalue weighted by Gasteiger charge is 2.43. The zero-order valence-corrected chi connectivity index (χ0v) is 20.9. The third-order valence-electron chi connectivity index (χ3n) is 5.17. The molecule has 214 valence electrons. The van der Waals surface area contributed by atoms with E-state index in [0.717, 1.165) is 18.9 Å². The molecule has 0 radical (unpaired) electrons. The molecule has 3 aromatic carbocycles. The van der Waals surface area contributed by atoms with Gasteiger partial charge >= 0.3 is 6.18 Å². The molecule has 0 saturated carbocycles. The van der Waals surface area contributed by atoms with Crippen molar-refractivity contribution in [2.45, 2.75) is 6.18 Å². The summed E-state index contributed by atoms with van der Waals surface area (Å²) in [5, 5.41) is 9.80. The number of rotatable bonds is 9. The van der Waals surface area contributed by atoms with E-state index >= 15 is 0 Å². The summed E-state index contributed by atoms with van der Waals surface area (Å²) in [6, 6.07) is 12.8. The summed E-state index contributed by atoms with van der Waals surface area (Å²) in [5.74, 6) is -11.9. The summed E-state index contributed by atoms with van der Waals surface area (Å²) >= 11 is 0. The van der Waals surface area contributed by atoms with Gasteiger partial charge in [-0.15, -0.1) is 0 Å². The Balaban J connectivity index is 1.54. The molecule has 4 rings (SSSR count). The molecule has 0 aliphatic carbocycles. The molecular formula is C25H18F7N7O2. The number of alkyl halides is 3. The number of aromatic nitrogens is 3. The minimum atomic E-state index is -5.68. The Labute approximate surface area is 227 Å². The molecule has 3 N–H and O–H groups in total. The van der Waals surface area contributed by atoms with Crippen molar-refractivity contribution in [1.29, 1.82) is 0 Å². The summed E-state index contributed by atoms with van der Waals surface area (Å²) in [6.45, 7) is 0. The number of halogens is 7. The summed E-state index contributed by atoms with van der Waals surface area (Å²) in [7, 11) is 2.75. The van der Waals surface area contributed by atoms with E-state index in [1.165, 1.54) is 18.3 Å². The second-order valence-corrected chi connectivity index (χ2v) is 7.89. The first-order valence-corrected chi connectivity index (χ1v) is 11.4. The first-order valence-electron chi connectivity index (χ1n) is 11.4. The Bertz CT molecular complexity index is 1560. The number of methoxy groups -OCH3 is 1. The van der Waals surface area contributed by atoms with Crippen LogP contribution in [0.2, 0.25) is 0 Å². The lowest BCUT2D eigenvalue weighted by atomic mass is 10.1. The number of benzene rings is 3. The maximum Gasteiger partial charge on any atom is 0.422 e.